The van der Waals surface area contributed by atoms with Crippen molar-refractivity contribution in [1.29, 1.82) is 0 Å². The Balaban J connectivity index is 2.12. The molecule has 0 aromatic heterocycles. The molecular weight excluding hydrogens is 274 g/mol. The van der Waals surface area contributed by atoms with Crippen LogP contribution in [0.3, 0.4) is 0 Å². The van der Waals surface area contributed by atoms with Crippen LogP contribution in [0, 0.1) is 6.92 Å². The van der Waals surface area contributed by atoms with Gasteiger partial charge in [-0.05, 0) is 19.4 Å². The standard InChI is InChI=1S/C15H17NO3S/c1-3-19-15(18)8-14-16(13(17)10-20-14)9-12-6-4-11(2)5-7-12/h4-8H,3,9-10H2,1-2H3/b14-8-. The Morgan fingerprint density at radius 1 is 1.40 bits per heavy atom. The van der Waals surface area contributed by atoms with E-state index in [0.29, 0.717) is 23.9 Å². The Bertz CT molecular complexity index is 537. The molecule has 0 saturated carbocycles. The smallest absolute Gasteiger partial charge is 0.333 e. The molecule has 0 radical (unpaired) electrons. The predicted octanol–water partition coefficient (Wildman–Crippen LogP) is 2.47. The molecule has 20 heavy (non-hydrogen) atoms. The van der Waals surface area contributed by atoms with E-state index in [4.69, 9.17) is 4.74 Å². The highest BCUT2D eigenvalue weighted by Crippen LogP contribution is 2.30. The van der Waals surface area contributed by atoms with Crippen LogP contribution in [-0.4, -0.2) is 29.1 Å². The Morgan fingerprint density at radius 2 is 2.10 bits per heavy atom. The number of carbonyl (C=O) groups excluding carboxylic acids is 2. The molecule has 0 atom stereocenters. The number of rotatable bonds is 4. The summed E-state index contributed by atoms with van der Waals surface area (Å²) in [5.41, 5.74) is 2.22. The number of esters is 1. The van der Waals surface area contributed by atoms with Crippen molar-refractivity contribution < 1.29 is 14.3 Å². The van der Waals surface area contributed by atoms with Gasteiger partial charge in [-0.3, -0.25) is 4.79 Å². The molecule has 1 saturated heterocycles. The number of benzene rings is 1. The molecule has 0 spiro atoms. The van der Waals surface area contributed by atoms with Gasteiger partial charge in [0.05, 0.1) is 30.0 Å². The summed E-state index contributed by atoms with van der Waals surface area (Å²) in [5, 5.41) is 0.661. The van der Waals surface area contributed by atoms with Crippen LogP contribution in [0.25, 0.3) is 0 Å². The predicted molar refractivity (Wildman–Crippen MR) is 78.9 cm³/mol. The van der Waals surface area contributed by atoms with Gasteiger partial charge >= 0.3 is 5.97 Å². The van der Waals surface area contributed by atoms with Gasteiger partial charge in [-0.15, -0.1) is 0 Å². The van der Waals surface area contributed by atoms with Gasteiger partial charge < -0.3 is 9.64 Å². The van der Waals surface area contributed by atoms with Gasteiger partial charge in [0.2, 0.25) is 5.91 Å². The topological polar surface area (TPSA) is 46.6 Å². The maximum atomic E-state index is 11.9. The summed E-state index contributed by atoms with van der Waals surface area (Å²) in [7, 11) is 0. The van der Waals surface area contributed by atoms with Crippen LogP contribution in [0.5, 0.6) is 0 Å². The van der Waals surface area contributed by atoms with Crippen molar-refractivity contribution in [3.63, 3.8) is 0 Å². The minimum atomic E-state index is -0.404. The van der Waals surface area contributed by atoms with Crippen molar-refractivity contribution in [3.05, 3.63) is 46.5 Å². The minimum Gasteiger partial charge on any atom is -0.463 e. The highest BCUT2D eigenvalue weighted by molar-refractivity contribution is 8.04. The van der Waals surface area contributed by atoms with Gasteiger partial charge in [0.1, 0.15) is 0 Å². The van der Waals surface area contributed by atoms with Crippen LogP contribution in [0.2, 0.25) is 0 Å². The molecule has 4 nitrogen and oxygen atoms in total. The quantitative estimate of drug-likeness (QED) is 0.631. The number of aryl methyl sites for hydroxylation is 1. The van der Waals surface area contributed by atoms with E-state index in [1.54, 1.807) is 11.8 Å². The van der Waals surface area contributed by atoms with Crippen molar-refractivity contribution in [3.8, 4) is 0 Å². The molecule has 1 aliphatic rings. The zero-order valence-electron chi connectivity index (χ0n) is 11.6. The lowest BCUT2D eigenvalue weighted by atomic mass is 10.1. The van der Waals surface area contributed by atoms with E-state index in [2.05, 4.69) is 0 Å². The van der Waals surface area contributed by atoms with Gasteiger partial charge in [0.15, 0.2) is 0 Å². The van der Waals surface area contributed by atoms with Gasteiger partial charge in [0.25, 0.3) is 0 Å². The summed E-state index contributed by atoms with van der Waals surface area (Å²) in [6.07, 6.45) is 1.40. The number of amides is 1. The molecule has 1 heterocycles. The Labute approximate surface area is 122 Å². The number of carbonyl (C=O) groups is 2. The molecule has 1 aromatic carbocycles. The van der Waals surface area contributed by atoms with Crippen LogP contribution in [0.4, 0.5) is 0 Å². The molecule has 0 unspecified atom stereocenters. The van der Waals surface area contributed by atoms with E-state index in [-0.39, 0.29) is 5.91 Å². The maximum absolute atomic E-state index is 11.9. The zero-order chi connectivity index (χ0) is 14.5. The third kappa shape index (κ3) is 3.63. The molecule has 106 valence electrons. The highest BCUT2D eigenvalue weighted by atomic mass is 32.2. The van der Waals surface area contributed by atoms with E-state index in [1.165, 1.54) is 23.4 Å². The Hall–Kier alpha value is -1.75. The molecular formula is C15H17NO3S. The number of nitrogens with zero attached hydrogens (tertiary/aromatic N) is 1. The largest absolute Gasteiger partial charge is 0.463 e. The van der Waals surface area contributed by atoms with Gasteiger partial charge in [0, 0.05) is 0 Å². The average molecular weight is 291 g/mol. The lowest BCUT2D eigenvalue weighted by Crippen LogP contribution is -2.24. The van der Waals surface area contributed by atoms with Gasteiger partial charge in [-0.2, -0.15) is 0 Å². The third-order valence-corrected chi connectivity index (χ3v) is 3.93. The third-order valence-electron chi connectivity index (χ3n) is 2.90. The van der Waals surface area contributed by atoms with Crippen LogP contribution in [-0.2, 0) is 20.9 Å². The second kappa shape index (κ2) is 6.61. The summed E-state index contributed by atoms with van der Waals surface area (Å²) in [4.78, 5) is 25.0. The summed E-state index contributed by atoms with van der Waals surface area (Å²) < 4.78 is 4.89. The first-order valence-electron chi connectivity index (χ1n) is 6.47. The summed E-state index contributed by atoms with van der Waals surface area (Å²) in [6.45, 7) is 4.59. The zero-order valence-corrected chi connectivity index (χ0v) is 12.4. The SMILES string of the molecule is CCOC(=O)/C=C1\SCC(=O)N1Cc1ccc(C)cc1. The van der Waals surface area contributed by atoms with Crippen molar-refractivity contribution in [2.24, 2.45) is 0 Å². The first kappa shape index (κ1) is 14.7. The fourth-order valence-electron chi connectivity index (χ4n) is 1.86. The van der Waals surface area contributed by atoms with Crippen LogP contribution < -0.4 is 0 Å². The number of hydrogen-bond donors (Lipinski definition) is 0. The Kier molecular flexibility index (Phi) is 4.84. The lowest BCUT2D eigenvalue weighted by Gasteiger charge is -2.17. The molecule has 1 aromatic rings. The van der Waals surface area contributed by atoms with Crippen molar-refractivity contribution >= 4 is 23.6 Å². The van der Waals surface area contributed by atoms with Crippen LogP contribution >= 0.6 is 11.8 Å². The average Bonchev–Trinajstić information content (AvgIpc) is 2.74. The first-order chi connectivity index (χ1) is 9.60. The summed E-state index contributed by atoms with van der Waals surface area (Å²) in [5.74, 6) is -0.0124. The van der Waals surface area contributed by atoms with Gasteiger partial charge in [-0.1, -0.05) is 41.6 Å². The molecule has 0 bridgehead atoms. The van der Waals surface area contributed by atoms with Crippen molar-refractivity contribution in [1.82, 2.24) is 4.90 Å². The number of thioether (sulfide) groups is 1. The maximum Gasteiger partial charge on any atom is 0.333 e. The molecule has 1 fully saturated rings. The van der Waals surface area contributed by atoms with Crippen molar-refractivity contribution in [2.75, 3.05) is 12.4 Å². The second-order valence-electron chi connectivity index (χ2n) is 4.49. The molecule has 2 rings (SSSR count). The van der Waals surface area contributed by atoms with E-state index in [9.17, 15) is 9.59 Å². The van der Waals surface area contributed by atoms with E-state index in [0.717, 1.165) is 5.56 Å². The molecule has 0 N–H and O–H groups in total. The summed E-state index contributed by atoms with van der Waals surface area (Å²) >= 11 is 1.37. The fourth-order valence-corrected chi connectivity index (χ4v) is 2.79. The molecule has 1 aliphatic heterocycles. The van der Waals surface area contributed by atoms with E-state index in [1.807, 2.05) is 31.2 Å². The van der Waals surface area contributed by atoms with E-state index < -0.39 is 5.97 Å². The highest BCUT2D eigenvalue weighted by Gasteiger charge is 2.27. The molecule has 0 aliphatic carbocycles. The molecule has 5 heteroatoms. The van der Waals surface area contributed by atoms with Crippen molar-refractivity contribution in [2.45, 2.75) is 20.4 Å². The first-order valence-corrected chi connectivity index (χ1v) is 7.46. The molecule has 1 amide bonds. The fraction of sp³-hybridized carbons (Fsp3) is 0.333. The summed E-state index contributed by atoms with van der Waals surface area (Å²) in [6, 6.07) is 8.01. The monoisotopic (exact) mass is 291 g/mol. The lowest BCUT2D eigenvalue weighted by molar-refractivity contribution is -0.137. The van der Waals surface area contributed by atoms with Crippen LogP contribution in [0.1, 0.15) is 18.1 Å². The van der Waals surface area contributed by atoms with Crippen LogP contribution in [0.15, 0.2) is 35.4 Å². The van der Waals surface area contributed by atoms with E-state index >= 15 is 0 Å². The minimum absolute atomic E-state index is 0.0196. The van der Waals surface area contributed by atoms with Gasteiger partial charge in [-0.25, -0.2) is 4.79 Å². The number of hydrogen-bond acceptors (Lipinski definition) is 4. The Morgan fingerprint density at radius 3 is 2.75 bits per heavy atom. The normalized spacial score (nSPS) is 16.8. The second-order valence-corrected chi connectivity index (χ2v) is 5.48. The number of ether oxygens (including phenoxy) is 1.